The minimum atomic E-state index is -0.275. The lowest BCUT2D eigenvalue weighted by molar-refractivity contribution is 0.612. The normalized spacial score (nSPS) is 12.7. The zero-order valence-corrected chi connectivity index (χ0v) is 12.8. The minimum absolute atomic E-state index is 0.187. The Bertz CT molecular complexity index is 527. The van der Waals surface area contributed by atoms with Gasteiger partial charge in [-0.2, -0.15) is 0 Å². The predicted molar refractivity (Wildman–Crippen MR) is 76.8 cm³/mol. The number of thiophene rings is 1. The first-order chi connectivity index (χ1) is 8.08. The molecule has 0 saturated heterocycles. The highest BCUT2D eigenvalue weighted by atomic mass is 79.9. The van der Waals surface area contributed by atoms with Gasteiger partial charge >= 0.3 is 0 Å². The first-order valence-corrected chi connectivity index (χ1v) is 7.47. The summed E-state index contributed by atoms with van der Waals surface area (Å²) in [5, 5.41) is 2.01. The van der Waals surface area contributed by atoms with Gasteiger partial charge in [0, 0.05) is 21.8 Å². The van der Waals surface area contributed by atoms with Crippen LogP contribution in [0, 0.1) is 5.82 Å². The van der Waals surface area contributed by atoms with Crippen LogP contribution < -0.4 is 5.73 Å². The van der Waals surface area contributed by atoms with E-state index in [0.717, 1.165) is 10.0 Å². The maximum absolute atomic E-state index is 13.4. The lowest BCUT2D eigenvalue weighted by Gasteiger charge is -2.11. The zero-order valence-electron chi connectivity index (χ0n) is 8.79. The fourth-order valence-electron chi connectivity index (χ4n) is 1.53. The highest BCUT2D eigenvalue weighted by Crippen LogP contribution is 2.28. The van der Waals surface area contributed by atoms with E-state index in [0.29, 0.717) is 10.9 Å². The molecule has 0 amide bonds. The Kier molecular flexibility index (Phi) is 4.36. The summed E-state index contributed by atoms with van der Waals surface area (Å²) in [5.74, 6) is -0.275. The average Bonchev–Trinajstić information content (AvgIpc) is 2.68. The van der Waals surface area contributed by atoms with Gasteiger partial charge < -0.3 is 5.73 Å². The van der Waals surface area contributed by atoms with Crippen molar-refractivity contribution in [2.24, 2.45) is 5.73 Å². The van der Waals surface area contributed by atoms with E-state index in [4.69, 9.17) is 5.73 Å². The zero-order chi connectivity index (χ0) is 12.4. The maximum atomic E-state index is 13.4. The minimum Gasteiger partial charge on any atom is -0.324 e. The van der Waals surface area contributed by atoms with Crippen LogP contribution in [0.5, 0.6) is 0 Å². The molecule has 2 aromatic rings. The van der Waals surface area contributed by atoms with E-state index in [1.54, 1.807) is 17.4 Å². The summed E-state index contributed by atoms with van der Waals surface area (Å²) < 4.78 is 14.9. The van der Waals surface area contributed by atoms with Crippen LogP contribution in [0.1, 0.15) is 16.5 Å². The molecule has 0 saturated carbocycles. The monoisotopic (exact) mass is 377 g/mol. The molecular formula is C12H10Br2FNS. The molecule has 90 valence electrons. The molecule has 0 spiro atoms. The second-order valence-electron chi connectivity index (χ2n) is 3.68. The quantitative estimate of drug-likeness (QED) is 0.826. The Morgan fingerprint density at radius 2 is 2.00 bits per heavy atom. The fourth-order valence-corrected chi connectivity index (χ4v) is 3.35. The van der Waals surface area contributed by atoms with Crippen molar-refractivity contribution in [2.75, 3.05) is 0 Å². The number of halogens is 3. The highest BCUT2D eigenvalue weighted by molar-refractivity contribution is 9.10. The van der Waals surface area contributed by atoms with Crippen molar-refractivity contribution in [1.29, 1.82) is 0 Å². The molecule has 0 aliphatic rings. The number of rotatable bonds is 3. The SMILES string of the molecule is NC(Cc1sccc1Br)c1ccc(Br)c(F)c1. The fraction of sp³-hybridized carbons (Fsp3) is 0.167. The Hall–Kier alpha value is -0.230. The van der Waals surface area contributed by atoms with Crippen LogP contribution in [0.4, 0.5) is 4.39 Å². The van der Waals surface area contributed by atoms with Gasteiger partial charge in [0.2, 0.25) is 0 Å². The average molecular weight is 379 g/mol. The molecule has 1 heterocycles. The van der Waals surface area contributed by atoms with E-state index in [9.17, 15) is 4.39 Å². The van der Waals surface area contributed by atoms with E-state index >= 15 is 0 Å². The molecule has 1 aromatic heterocycles. The molecule has 0 aliphatic carbocycles. The Morgan fingerprint density at radius 1 is 1.24 bits per heavy atom. The van der Waals surface area contributed by atoms with Crippen molar-refractivity contribution >= 4 is 43.2 Å². The first-order valence-electron chi connectivity index (χ1n) is 5.00. The molecule has 0 fully saturated rings. The largest absolute Gasteiger partial charge is 0.324 e. The summed E-state index contributed by atoms with van der Waals surface area (Å²) >= 11 is 8.25. The lowest BCUT2D eigenvalue weighted by atomic mass is 10.0. The van der Waals surface area contributed by atoms with Crippen LogP contribution in [0.3, 0.4) is 0 Å². The van der Waals surface area contributed by atoms with Crippen LogP contribution >= 0.6 is 43.2 Å². The van der Waals surface area contributed by atoms with Crippen molar-refractivity contribution in [3.05, 3.63) is 54.8 Å². The van der Waals surface area contributed by atoms with E-state index in [-0.39, 0.29) is 11.9 Å². The van der Waals surface area contributed by atoms with E-state index in [1.165, 1.54) is 10.9 Å². The second kappa shape index (κ2) is 5.61. The van der Waals surface area contributed by atoms with Gasteiger partial charge in [-0.25, -0.2) is 4.39 Å². The number of hydrogen-bond acceptors (Lipinski definition) is 2. The van der Waals surface area contributed by atoms with E-state index in [1.807, 2.05) is 17.5 Å². The van der Waals surface area contributed by atoms with Crippen LogP contribution in [-0.4, -0.2) is 0 Å². The van der Waals surface area contributed by atoms with Crippen LogP contribution in [0.2, 0.25) is 0 Å². The summed E-state index contributed by atoms with van der Waals surface area (Å²) in [4.78, 5) is 1.18. The maximum Gasteiger partial charge on any atom is 0.137 e. The van der Waals surface area contributed by atoms with Gasteiger partial charge in [-0.1, -0.05) is 6.07 Å². The number of nitrogens with two attached hydrogens (primary N) is 1. The Morgan fingerprint density at radius 3 is 2.59 bits per heavy atom. The van der Waals surface area contributed by atoms with Gasteiger partial charge in [-0.15, -0.1) is 11.3 Å². The molecule has 17 heavy (non-hydrogen) atoms. The van der Waals surface area contributed by atoms with Crippen molar-refractivity contribution in [2.45, 2.75) is 12.5 Å². The molecule has 1 atom stereocenters. The number of hydrogen-bond donors (Lipinski definition) is 1. The van der Waals surface area contributed by atoms with E-state index in [2.05, 4.69) is 31.9 Å². The summed E-state index contributed by atoms with van der Waals surface area (Å²) in [6.07, 6.45) is 0.708. The summed E-state index contributed by atoms with van der Waals surface area (Å²) in [7, 11) is 0. The predicted octanol–water partition coefficient (Wildman–Crippen LogP) is 4.65. The molecule has 2 rings (SSSR count). The van der Waals surface area contributed by atoms with E-state index < -0.39 is 0 Å². The highest BCUT2D eigenvalue weighted by Gasteiger charge is 2.12. The number of benzene rings is 1. The smallest absolute Gasteiger partial charge is 0.137 e. The summed E-state index contributed by atoms with van der Waals surface area (Å²) in [6, 6.07) is 6.82. The Labute approximate surface area is 120 Å². The molecule has 0 aliphatic heterocycles. The van der Waals surface area contributed by atoms with Crippen molar-refractivity contribution in [3.8, 4) is 0 Å². The van der Waals surface area contributed by atoms with Crippen molar-refractivity contribution < 1.29 is 4.39 Å². The van der Waals surface area contributed by atoms with Gasteiger partial charge in [0.15, 0.2) is 0 Å². The van der Waals surface area contributed by atoms with Gasteiger partial charge in [-0.3, -0.25) is 0 Å². The molecule has 1 unspecified atom stereocenters. The van der Waals surface area contributed by atoms with Crippen LogP contribution in [-0.2, 0) is 6.42 Å². The molecule has 1 nitrogen and oxygen atoms in total. The summed E-state index contributed by atoms with van der Waals surface area (Å²) in [5.41, 5.74) is 6.89. The van der Waals surface area contributed by atoms with Gasteiger partial charge in [0.25, 0.3) is 0 Å². The third-order valence-corrected chi connectivity index (χ3v) is 5.06. The van der Waals surface area contributed by atoms with Crippen molar-refractivity contribution in [3.63, 3.8) is 0 Å². The van der Waals surface area contributed by atoms with Crippen LogP contribution in [0.25, 0.3) is 0 Å². The Balaban J connectivity index is 2.17. The standard InChI is InChI=1S/C12H10Br2FNS/c13-8-2-1-7(5-10(8)15)11(16)6-12-9(14)3-4-17-12/h1-5,11H,6,16H2. The summed E-state index contributed by atoms with van der Waals surface area (Å²) in [6.45, 7) is 0. The third kappa shape index (κ3) is 3.16. The molecule has 1 aromatic carbocycles. The van der Waals surface area contributed by atoms with Gasteiger partial charge in [0.05, 0.1) is 4.47 Å². The third-order valence-electron chi connectivity index (χ3n) is 2.47. The second-order valence-corrected chi connectivity index (χ2v) is 6.39. The molecule has 5 heteroatoms. The first kappa shape index (κ1) is 13.2. The molecular weight excluding hydrogens is 369 g/mol. The lowest BCUT2D eigenvalue weighted by Crippen LogP contribution is -2.13. The van der Waals surface area contributed by atoms with Gasteiger partial charge in [0.1, 0.15) is 5.82 Å². The topological polar surface area (TPSA) is 26.0 Å². The van der Waals surface area contributed by atoms with Gasteiger partial charge in [-0.05, 0) is 61.0 Å². The van der Waals surface area contributed by atoms with Crippen LogP contribution in [0.15, 0.2) is 38.6 Å². The van der Waals surface area contributed by atoms with Crippen molar-refractivity contribution in [1.82, 2.24) is 0 Å². The molecule has 2 N–H and O–H groups in total. The molecule has 0 radical (unpaired) electrons. The molecule has 0 bridgehead atoms.